The first-order valence-electron chi connectivity index (χ1n) is 4.13. The van der Waals surface area contributed by atoms with Gasteiger partial charge in [-0.25, -0.2) is 0 Å². The molecule has 0 radical (unpaired) electrons. The molecule has 82 valence electrons. The van der Waals surface area contributed by atoms with E-state index in [-0.39, 0.29) is 5.37 Å². The Morgan fingerprint density at radius 3 is 2.80 bits per heavy atom. The van der Waals surface area contributed by atoms with E-state index in [1.54, 1.807) is 23.1 Å². The van der Waals surface area contributed by atoms with Crippen LogP contribution in [-0.2, 0) is 4.79 Å². The van der Waals surface area contributed by atoms with Crippen LogP contribution in [0, 0.1) is 0 Å². The highest BCUT2D eigenvalue weighted by Crippen LogP contribution is 2.41. The highest BCUT2D eigenvalue weighted by atomic mass is 79.9. The van der Waals surface area contributed by atoms with Gasteiger partial charge in [0.25, 0.3) is 0 Å². The summed E-state index contributed by atoms with van der Waals surface area (Å²) < 4.78 is 2.06. The van der Waals surface area contributed by atoms with E-state index in [4.69, 9.17) is 5.11 Å². The fraction of sp³-hybridized carbons (Fsp3) is 0.375. The summed E-state index contributed by atoms with van der Waals surface area (Å²) >= 11 is 10.1. The highest BCUT2D eigenvalue weighted by molar-refractivity contribution is 9.13. The molecule has 0 aliphatic carbocycles. The van der Waals surface area contributed by atoms with E-state index >= 15 is 0 Å². The second-order valence-electron chi connectivity index (χ2n) is 3.04. The van der Waals surface area contributed by atoms with Crippen molar-refractivity contribution >= 4 is 60.9 Å². The fourth-order valence-corrected chi connectivity index (χ4v) is 4.77. The molecule has 1 aliphatic heterocycles. The van der Waals surface area contributed by atoms with Crippen molar-refractivity contribution in [2.24, 2.45) is 0 Å². The lowest BCUT2D eigenvalue weighted by Crippen LogP contribution is -2.33. The number of carbonyl (C=O) groups is 1. The summed E-state index contributed by atoms with van der Waals surface area (Å²) in [6, 6.07) is 1.59. The summed E-state index contributed by atoms with van der Waals surface area (Å²) in [4.78, 5) is 11.9. The van der Waals surface area contributed by atoms with Crippen LogP contribution in [0.15, 0.2) is 14.3 Å². The molecule has 2 heterocycles. The molecular weight excluding hydrogens is 366 g/mol. The van der Waals surface area contributed by atoms with Gasteiger partial charge >= 0.3 is 5.97 Å². The summed E-state index contributed by atoms with van der Waals surface area (Å²) in [5, 5.41) is 12.0. The van der Waals surface area contributed by atoms with Crippen LogP contribution in [-0.4, -0.2) is 22.9 Å². The van der Waals surface area contributed by atoms with Gasteiger partial charge in [0.05, 0.1) is 9.16 Å². The lowest BCUT2D eigenvalue weighted by molar-refractivity contribution is -0.138. The molecule has 1 aliphatic rings. The molecule has 0 saturated carbocycles. The molecule has 0 amide bonds. The molecule has 7 heteroatoms. The molecular formula is C8H7Br2NO2S2. The maximum Gasteiger partial charge on any atom is 0.321 e. The minimum absolute atomic E-state index is 0.0960. The van der Waals surface area contributed by atoms with Gasteiger partial charge in [-0.15, -0.1) is 23.1 Å². The number of thioether (sulfide) groups is 1. The van der Waals surface area contributed by atoms with Crippen molar-refractivity contribution in [3.8, 4) is 0 Å². The van der Waals surface area contributed by atoms with Crippen molar-refractivity contribution in [2.75, 3.05) is 5.75 Å². The number of carboxylic acid groups (broad SMARTS) is 1. The van der Waals surface area contributed by atoms with Gasteiger partial charge in [0.15, 0.2) is 0 Å². The Morgan fingerprint density at radius 1 is 1.60 bits per heavy atom. The second-order valence-corrected chi connectivity index (χ2v) is 7.44. The van der Waals surface area contributed by atoms with E-state index in [9.17, 15) is 4.79 Å². The van der Waals surface area contributed by atoms with E-state index in [2.05, 4.69) is 37.2 Å². The van der Waals surface area contributed by atoms with Crippen molar-refractivity contribution in [2.45, 2.75) is 11.4 Å². The van der Waals surface area contributed by atoms with E-state index in [1.165, 1.54) is 0 Å². The first kappa shape index (κ1) is 11.9. The largest absolute Gasteiger partial charge is 0.480 e. The zero-order chi connectivity index (χ0) is 11.0. The van der Waals surface area contributed by atoms with Crippen LogP contribution in [0.25, 0.3) is 0 Å². The highest BCUT2D eigenvalue weighted by Gasteiger charge is 2.31. The maximum absolute atomic E-state index is 10.8. The van der Waals surface area contributed by atoms with Gasteiger partial charge in [-0.2, -0.15) is 0 Å². The van der Waals surface area contributed by atoms with Crippen molar-refractivity contribution in [3.05, 3.63) is 19.2 Å². The van der Waals surface area contributed by atoms with Crippen LogP contribution in [0.3, 0.4) is 0 Å². The van der Waals surface area contributed by atoms with Crippen LogP contribution in [0.1, 0.15) is 10.3 Å². The lowest BCUT2D eigenvalue weighted by atomic mass is 10.3. The Bertz CT molecular complexity index is 376. The smallest absolute Gasteiger partial charge is 0.321 e. The number of hydrogen-bond donors (Lipinski definition) is 2. The average Bonchev–Trinajstić information content (AvgIpc) is 2.74. The molecule has 3 nitrogen and oxygen atoms in total. The minimum atomic E-state index is -0.778. The van der Waals surface area contributed by atoms with Crippen molar-refractivity contribution < 1.29 is 9.90 Å². The molecule has 1 fully saturated rings. The Balaban J connectivity index is 2.11. The summed E-state index contributed by atoms with van der Waals surface area (Å²) in [5.74, 6) is -0.160. The third-order valence-electron chi connectivity index (χ3n) is 2.00. The van der Waals surface area contributed by atoms with Gasteiger partial charge in [0.1, 0.15) is 6.04 Å². The molecule has 2 atom stereocenters. The first-order chi connectivity index (χ1) is 7.08. The molecule has 1 aromatic rings. The van der Waals surface area contributed by atoms with Crippen LogP contribution in [0.4, 0.5) is 0 Å². The Labute approximate surface area is 112 Å². The summed E-state index contributed by atoms with van der Waals surface area (Å²) in [5.41, 5.74) is 0. The predicted octanol–water partition coefficient (Wildman–Crippen LogP) is 3.06. The van der Waals surface area contributed by atoms with Crippen LogP contribution < -0.4 is 5.32 Å². The normalized spacial score (nSPS) is 25.7. The number of rotatable bonds is 2. The molecule has 0 bridgehead atoms. The second kappa shape index (κ2) is 4.75. The van der Waals surface area contributed by atoms with E-state index < -0.39 is 12.0 Å². The molecule has 1 aromatic heterocycles. The maximum atomic E-state index is 10.8. The Hall–Kier alpha value is 0.440. The summed E-state index contributed by atoms with van der Waals surface area (Å²) in [7, 11) is 0. The van der Waals surface area contributed by atoms with Gasteiger partial charge < -0.3 is 5.11 Å². The predicted molar refractivity (Wildman–Crippen MR) is 69.5 cm³/mol. The molecule has 2 N–H and O–H groups in total. The number of halogens is 2. The van der Waals surface area contributed by atoms with Crippen molar-refractivity contribution in [1.29, 1.82) is 0 Å². The zero-order valence-corrected chi connectivity index (χ0v) is 12.2. The standard InChI is InChI=1S/C8H7Br2NO2S2/c9-3-1-5(15-6(3)10)7-11-4(2-14-7)8(12)13/h1,4,7,11H,2H2,(H,12,13)/t4-,7-/m0/s1. The average molecular weight is 373 g/mol. The monoisotopic (exact) mass is 371 g/mol. The van der Waals surface area contributed by atoms with Crippen molar-refractivity contribution in [1.82, 2.24) is 5.32 Å². The molecule has 0 aromatic carbocycles. The number of carboxylic acids is 1. The van der Waals surface area contributed by atoms with Crippen molar-refractivity contribution in [3.63, 3.8) is 0 Å². The topological polar surface area (TPSA) is 49.3 Å². The Kier molecular flexibility index (Phi) is 3.77. The summed E-state index contributed by atoms with van der Waals surface area (Å²) in [6.45, 7) is 0. The third kappa shape index (κ3) is 2.58. The molecule has 1 saturated heterocycles. The number of hydrogen-bond acceptors (Lipinski definition) is 4. The minimum Gasteiger partial charge on any atom is -0.480 e. The van der Waals surface area contributed by atoms with Gasteiger partial charge in [0.2, 0.25) is 0 Å². The van der Waals surface area contributed by atoms with Gasteiger partial charge in [-0.1, -0.05) is 0 Å². The molecule has 0 spiro atoms. The van der Waals surface area contributed by atoms with Crippen LogP contribution in [0.2, 0.25) is 0 Å². The van der Waals surface area contributed by atoms with E-state index in [1.807, 2.05) is 6.07 Å². The van der Waals surface area contributed by atoms with E-state index in [0.29, 0.717) is 5.75 Å². The molecule has 15 heavy (non-hydrogen) atoms. The third-order valence-corrected chi connectivity index (χ3v) is 6.72. The fourth-order valence-electron chi connectivity index (χ4n) is 1.27. The van der Waals surface area contributed by atoms with E-state index in [0.717, 1.165) is 13.1 Å². The molecule has 2 rings (SSSR count). The van der Waals surface area contributed by atoms with Crippen LogP contribution in [0.5, 0.6) is 0 Å². The number of thiophene rings is 1. The quantitative estimate of drug-likeness (QED) is 0.837. The molecule has 0 unspecified atom stereocenters. The summed E-state index contributed by atoms with van der Waals surface area (Å²) in [6.07, 6.45) is 0. The Morgan fingerprint density at radius 2 is 2.33 bits per heavy atom. The SMILES string of the molecule is O=C(O)[C@@H]1CS[C@@H](c2cc(Br)c(Br)s2)N1. The van der Waals surface area contributed by atoms with Gasteiger partial charge in [-0.05, 0) is 37.9 Å². The van der Waals surface area contributed by atoms with Gasteiger partial charge in [-0.3, -0.25) is 10.1 Å². The lowest BCUT2D eigenvalue weighted by Gasteiger charge is -2.07. The zero-order valence-electron chi connectivity index (χ0n) is 7.37. The van der Waals surface area contributed by atoms with Crippen LogP contribution >= 0.6 is 55.0 Å². The first-order valence-corrected chi connectivity index (χ1v) is 7.58. The van der Waals surface area contributed by atoms with Gasteiger partial charge in [0, 0.05) is 15.1 Å². The number of aliphatic carboxylic acids is 1. The number of nitrogens with one attached hydrogen (secondary N) is 1.